The maximum Gasteiger partial charge on any atom is 0.180 e. The fourth-order valence-electron chi connectivity index (χ4n) is 2.20. The predicted octanol–water partition coefficient (Wildman–Crippen LogP) is 3.76. The van der Waals surface area contributed by atoms with Gasteiger partial charge in [0.15, 0.2) is 5.82 Å². The van der Waals surface area contributed by atoms with Crippen molar-refractivity contribution in [1.29, 1.82) is 0 Å². The number of pyridine rings is 1. The second-order valence-electron chi connectivity index (χ2n) is 5.07. The molecule has 1 aliphatic carbocycles. The lowest BCUT2D eigenvalue weighted by molar-refractivity contribution is 0.964. The molecule has 0 aliphatic heterocycles. The molecule has 2 aromatic heterocycles. The smallest absolute Gasteiger partial charge is 0.180 e. The summed E-state index contributed by atoms with van der Waals surface area (Å²) in [6.45, 7) is 4.99. The van der Waals surface area contributed by atoms with E-state index in [-0.39, 0.29) is 0 Å². The first kappa shape index (κ1) is 13.7. The van der Waals surface area contributed by atoms with Crippen molar-refractivity contribution < 1.29 is 0 Å². The van der Waals surface area contributed by atoms with Crippen LogP contribution in [0.5, 0.6) is 0 Å². The number of anilines is 1. The molecule has 20 heavy (non-hydrogen) atoms. The minimum absolute atomic E-state index is 0.602. The van der Waals surface area contributed by atoms with Gasteiger partial charge < -0.3 is 5.32 Å². The van der Waals surface area contributed by atoms with Gasteiger partial charge in [0.25, 0.3) is 0 Å². The molecule has 1 saturated carbocycles. The molecule has 2 heterocycles. The van der Waals surface area contributed by atoms with Crippen molar-refractivity contribution in [2.45, 2.75) is 32.6 Å². The molecule has 0 unspecified atom stereocenters. The van der Waals surface area contributed by atoms with Crippen LogP contribution in [0.2, 0.25) is 0 Å². The topological polar surface area (TPSA) is 50.7 Å². The molecule has 2 aromatic rings. The van der Waals surface area contributed by atoms with E-state index < -0.39 is 0 Å². The van der Waals surface area contributed by atoms with Crippen molar-refractivity contribution in [3.8, 4) is 11.5 Å². The summed E-state index contributed by atoms with van der Waals surface area (Å²) < 4.78 is 1.16. The number of halogens is 1. The van der Waals surface area contributed by atoms with E-state index in [1.807, 2.05) is 19.1 Å². The fraction of sp³-hybridized carbons (Fsp3) is 0.400. The number of nitrogens with zero attached hydrogens (tertiary/aromatic N) is 3. The number of nitrogens with one attached hydrogen (secondary N) is 1. The van der Waals surface area contributed by atoms with E-state index in [0.717, 1.165) is 33.0 Å². The first-order valence-corrected chi connectivity index (χ1v) is 8.02. The highest BCUT2D eigenvalue weighted by Gasteiger charge is 2.29. The van der Waals surface area contributed by atoms with Gasteiger partial charge in [-0.15, -0.1) is 0 Å². The molecule has 5 heteroatoms. The van der Waals surface area contributed by atoms with E-state index in [1.165, 1.54) is 18.5 Å². The summed E-state index contributed by atoms with van der Waals surface area (Å²) in [5, 5.41) is 3.34. The van der Waals surface area contributed by atoms with E-state index in [1.54, 1.807) is 6.20 Å². The molecule has 1 aliphatic rings. The zero-order valence-corrected chi connectivity index (χ0v) is 13.8. The van der Waals surface area contributed by atoms with Gasteiger partial charge in [0.2, 0.25) is 0 Å². The molecular formula is C15H17IN4. The fourth-order valence-corrected chi connectivity index (χ4v) is 3.07. The van der Waals surface area contributed by atoms with Crippen LogP contribution in [-0.2, 0) is 0 Å². The van der Waals surface area contributed by atoms with Crippen molar-refractivity contribution in [1.82, 2.24) is 15.0 Å². The highest BCUT2D eigenvalue weighted by atomic mass is 127. The lowest BCUT2D eigenvalue weighted by Crippen LogP contribution is -2.08. The summed E-state index contributed by atoms with van der Waals surface area (Å²) in [6, 6.07) is 3.99. The molecule has 1 fully saturated rings. The SMILES string of the molecule is CCNc1nc(-c2ncccc2C)nc(C2CC2)c1I. The summed E-state index contributed by atoms with van der Waals surface area (Å²) >= 11 is 2.36. The largest absolute Gasteiger partial charge is 0.369 e. The Morgan fingerprint density at radius 1 is 1.35 bits per heavy atom. The molecule has 0 bridgehead atoms. The van der Waals surface area contributed by atoms with E-state index >= 15 is 0 Å². The molecule has 0 aromatic carbocycles. The van der Waals surface area contributed by atoms with Crippen molar-refractivity contribution in [3.63, 3.8) is 0 Å². The molecule has 0 atom stereocenters. The van der Waals surface area contributed by atoms with Crippen LogP contribution in [0.15, 0.2) is 18.3 Å². The Kier molecular flexibility index (Phi) is 3.87. The van der Waals surface area contributed by atoms with Gasteiger partial charge in [0, 0.05) is 18.7 Å². The number of aromatic nitrogens is 3. The Labute approximate surface area is 132 Å². The summed E-state index contributed by atoms with van der Waals surface area (Å²) in [5.41, 5.74) is 3.17. The van der Waals surface area contributed by atoms with Gasteiger partial charge in [0.05, 0.1) is 9.26 Å². The quantitative estimate of drug-likeness (QED) is 0.821. The van der Waals surface area contributed by atoms with Crippen molar-refractivity contribution >= 4 is 28.4 Å². The summed E-state index contributed by atoms with van der Waals surface area (Å²) in [4.78, 5) is 13.9. The lowest BCUT2D eigenvalue weighted by Gasteiger charge is -2.12. The predicted molar refractivity (Wildman–Crippen MR) is 88.9 cm³/mol. The monoisotopic (exact) mass is 380 g/mol. The Morgan fingerprint density at radius 3 is 2.80 bits per heavy atom. The van der Waals surface area contributed by atoms with Crippen molar-refractivity contribution in [2.24, 2.45) is 0 Å². The van der Waals surface area contributed by atoms with Crippen LogP contribution in [0.25, 0.3) is 11.5 Å². The van der Waals surface area contributed by atoms with Crippen LogP contribution in [-0.4, -0.2) is 21.5 Å². The van der Waals surface area contributed by atoms with Gasteiger partial charge >= 0.3 is 0 Å². The highest BCUT2D eigenvalue weighted by Crippen LogP contribution is 2.42. The number of hydrogen-bond acceptors (Lipinski definition) is 4. The van der Waals surface area contributed by atoms with Gasteiger partial charge in [-0.1, -0.05) is 6.07 Å². The van der Waals surface area contributed by atoms with E-state index in [2.05, 4.69) is 44.8 Å². The Bertz CT molecular complexity index is 638. The maximum atomic E-state index is 4.79. The van der Waals surface area contributed by atoms with Gasteiger partial charge in [0.1, 0.15) is 11.5 Å². The van der Waals surface area contributed by atoms with Crippen molar-refractivity contribution in [3.05, 3.63) is 33.2 Å². The molecule has 3 rings (SSSR count). The molecule has 4 nitrogen and oxygen atoms in total. The summed E-state index contributed by atoms with van der Waals surface area (Å²) in [7, 11) is 0. The second kappa shape index (κ2) is 5.63. The van der Waals surface area contributed by atoms with E-state index in [4.69, 9.17) is 4.98 Å². The average molecular weight is 380 g/mol. The normalized spacial score (nSPS) is 14.3. The molecule has 1 N–H and O–H groups in total. The van der Waals surface area contributed by atoms with Crippen LogP contribution >= 0.6 is 22.6 Å². The maximum absolute atomic E-state index is 4.79. The minimum Gasteiger partial charge on any atom is -0.369 e. The van der Waals surface area contributed by atoms with E-state index in [0.29, 0.717) is 5.92 Å². The third-order valence-corrected chi connectivity index (χ3v) is 4.47. The van der Waals surface area contributed by atoms with Gasteiger partial charge in [-0.3, -0.25) is 4.98 Å². The first-order valence-electron chi connectivity index (χ1n) is 6.94. The molecular weight excluding hydrogens is 363 g/mol. The van der Waals surface area contributed by atoms with Crippen molar-refractivity contribution in [2.75, 3.05) is 11.9 Å². The number of rotatable bonds is 4. The van der Waals surface area contributed by atoms with Crippen LogP contribution < -0.4 is 5.32 Å². The Balaban J connectivity index is 2.13. The third-order valence-electron chi connectivity index (χ3n) is 3.41. The summed E-state index contributed by atoms with van der Waals surface area (Å²) in [6.07, 6.45) is 4.27. The molecule has 0 spiro atoms. The lowest BCUT2D eigenvalue weighted by atomic mass is 10.2. The second-order valence-corrected chi connectivity index (χ2v) is 6.15. The summed E-state index contributed by atoms with van der Waals surface area (Å²) in [5.74, 6) is 2.27. The van der Waals surface area contributed by atoms with Crippen LogP contribution in [0.4, 0.5) is 5.82 Å². The standard InChI is InChI=1S/C15H17IN4/c1-3-17-14-11(16)13(10-6-7-10)19-15(20-14)12-9(2)5-4-8-18-12/h4-5,8,10H,3,6-7H2,1-2H3,(H,17,19,20). The Hall–Kier alpha value is -1.24. The minimum atomic E-state index is 0.602. The first-order chi connectivity index (χ1) is 9.70. The van der Waals surface area contributed by atoms with Crippen LogP contribution in [0.3, 0.4) is 0 Å². The van der Waals surface area contributed by atoms with E-state index in [9.17, 15) is 0 Å². The zero-order chi connectivity index (χ0) is 14.1. The number of hydrogen-bond donors (Lipinski definition) is 1. The Morgan fingerprint density at radius 2 is 2.15 bits per heavy atom. The molecule has 0 amide bonds. The zero-order valence-electron chi connectivity index (χ0n) is 11.7. The number of aryl methyl sites for hydroxylation is 1. The third kappa shape index (κ3) is 2.63. The molecule has 0 radical (unpaired) electrons. The molecule has 104 valence electrons. The van der Waals surface area contributed by atoms with Gasteiger partial charge in [-0.25, -0.2) is 9.97 Å². The molecule has 0 saturated heterocycles. The van der Waals surface area contributed by atoms with Gasteiger partial charge in [-0.2, -0.15) is 0 Å². The van der Waals surface area contributed by atoms with Crippen LogP contribution in [0, 0.1) is 10.5 Å². The highest BCUT2D eigenvalue weighted by molar-refractivity contribution is 14.1. The average Bonchev–Trinajstić information content (AvgIpc) is 3.26. The van der Waals surface area contributed by atoms with Crippen LogP contribution in [0.1, 0.15) is 36.9 Å². The van der Waals surface area contributed by atoms with Gasteiger partial charge in [-0.05, 0) is 60.9 Å².